The molecule has 0 aliphatic heterocycles. The largest absolute Gasteiger partial charge is 0.497 e. The van der Waals surface area contributed by atoms with Crippen molar-refractivity contribution in [2.45, 2.75) is 13.0 Å². The number of rotatable bonds is 4. The summed E-state index contributed by atoms with van der Waals surface area (Å²) in [7, 11) is 1.64. The zero-order valence-electron chi connectivity index (χ0n) is 11.2. The second kappa shape index (κ2) is 5.51. The van der Waals surface area contributed by atoms with Gasteiger partial charge in [0, 0.05) is 6.54 Å². The topological polar surface area (TPSA) is 31.2 Å². The fourth-order valence-corrected chi connectivity index (χ4v) is 3.22. The molecular formula is C16H15NO2S. The van der Waals surface area contributed by atoms with Crippen molar-refractivity contribution in [1.29, 1.82) is 0 Å². The lowest BCUT2D eigenvalue weighted by Crippen LogP contribution is -2.14. The van der Waals surface area contributed by atoms with Crippen LogP contribution in [0.4, 0.5) is 0 Å². The fraction of sp³-hybridized carbons (Fsp3) is 0.188. The Morgan fingerprint density at radius 2 is 1.95 bits per heavy atom. The zero-order valence-corrected chi connectivity index (χ0v) is 12.0. The van der Waals surface area contributed by atoms with Crippen molar-refractivity contribution in [2.75, 3.05) is 7.11 Å². The minimum atomic E-state index is 0.0867. The highest BCUT2D eigenvalue weighted by Crippen LogP contribution is 2.22. The van der Waals surface area contributed by atoms with Crippen molar-refractivity contribution >= 4 is 21.6 Å². The Bertz CT molecular complexity index is 774. The maximum Gasteiger partial charge on any atom is 0.268 e. The van der Waals surface area contributed by atoms with Gasteiger partial charge in [-0.25, -0.2) is 0 Å². The van der Waals surface area contributed by atoms with E-state index < -0.39 is 0 Å². The molecule has 0 fully saturated rings. The molecule has 20 heavy (non-hydrogen) atoms. The van der Waals surface area contributed by atoms with Crippen LogP contribution in [-0.2, 0) is 13.0 Å². The van der Waals surface area contributed by atoms with Crippen LogP contribution in [0.3, 0.4) is 0 Å². The van der Waals surface area contributed by atoms with Crippen molar-refractivity contribution < 1.29 is 4.74 Å². The summed E-state index contributed by atoms with van der Waals surface area (Å²) in [4.78, 5) is 12.3. The third-order valence-corrected chi connectivity index (χ3v) is 4.40. The number of nitrogens with zero attached hydrogens (tertiary/aromatic N) is 1. The molecule has 0 spiro atoms. The van der Waals surface area contributed by atoms with Gasteiger partial charge in [0.15, 0.2) is 0 Å². The van der Waals surface area contributed by atoms with E-state index in [1.165, 1.54) is 17.1 Å². The summed E-state index contributed by atoms with van der Waals surface area (Å²) in [5.74, 6) is 0.786. The molecule has 0 bridgehead atoms. The quantitative estimate of drug-likeness (QED) is 0.736. The second-order valence-corrected chi connectivity index (χ2v) is 5.66. The van der Waals surface area contributed by atoms with Gasteiger partial charge < -0.3 is 4.74 Å². The van der Waals surface area contributed by atoms with Crippen molar-refractivity contribution in [3.8, 4) is 5.75 Å². The summed E-state index contributed by atoms with van der Waals surface area (Å²) in [5, 5.41) is 0.767. The van der Waals surface area contributed by atoms with Crippen LogP contribution in [0.15, 0.2) is 53.3 Å². The van der Waals surface area contributed by atoms with E-state index in [1.54, 1.807) is 7.11 Å². The molecule has 0 saturated heterocycles. The van der Waals surface area contributed by atoms with E-state index >= 15 is 0 Å². The minimum absolute atomic E-state index is 0.0867. The van der Waals surface area contributed by atoms with Crippen LogP contribution in [0, 0.1) is 0 Å². The molecule has 0 aliphatic carbocycles. The van der Waals surface area contributed by atoms with E-state index in [2.05, 4.69) is 12.1 Å². The van der Waals surface area contributed by atoms with E-state index in [-0.39, 0.29) is 5.56 Å². The van der Waals surface area contributed by atoms with E-state index in [4.69, 9.17) is 4.74 Å². The first kappa shape index (κ1) is 12.9. The molecule has 102 valence electrons. The van der Waals surface area contributed by atoms with Gasteiger partial charge in [-0.2, -0.15) is 0 Å². The molecule has 0 saturated carbocycles. The molecule has 0 radical (unpaired) electrons. The van der Waals surface area contributed by atoms with Crippen molar-refractivity contribution in [3.05, 3.63) is 64.4 Å². The normalized spacial score (nSPS) is 10.8. The molecule has 3 nitrogen and oxygen atoms in total. The van der Waals surface area contributed by atoms with E-state index in [0.29, 0.717) is 6.54 Å². The van der Waals surface area contributed by atoms with Crippen molar-refractivity contribution in [1.82, 2.24) is 3.96 Å². The lowest BCUT2D eigenvalue weighted by Gasteiger charge is -2.00. The summed E-state index contributed by atoms with van der Waals surface area (Å²) in [5.41, 5.74) is 1.33. The number of aromatic nitrogens is 1. The molecule has 2 aromatic carbocycles. The second-order valence-electron chi connectivity index (χ2n) is 4.60. The van der Waals surface area contributed by atoms with E-state index in [1.807, 2.05) is 40.4 Å². The van der Waals surface area contributed by atoms with Gasteiger partial charge >= 0.3 is 0 Å². The van der Waals surface area contributed by atoms with Gasteiger partial charge in [0.1, 0.15) is 5.75 Å². The average Bonchev–Trinajstić information content (AvgIpc) is 2.82. The first-order valence-corrected chi connectivity index (χ1v) is 7.27. The summed E-state index contributed by atoms with van der Waals surface area (Å²) in [6.45, 7) is 0.713. The lowest BCUT2D eigenvalue weighted by molar-refractivity contribution is 0.415. The smallest absolute Gasteiger partial charge is 0.268 e. The zero-order chi connectivity index (χ0) is 13.9. The number of methoxy groups -OCH3 is 1. The molecule has 0 unspecified atom stereocenters. The van der Waals surface area contributed by atoms with Crippen LogP contribution >= 0.6 is 11.5 Å². The Hall–Kier alpha value is -2.07. The molecule has 0 amide bonds. The van der Waals surface area contributed by atoms with Gasteiger partial charge in [-0.1, -0.05) is 41.9 Å². The van der Waals surface area contributed by atoms with Crippen LogP contribution in [0.5, 0.6) is 5.75 Å². The summed E-state index contributed by atoms with van der Waals surface area (Å²) in [6, 6.07) is 15.8. The lowest BCUT2D eigenvalue weighted by atomic mass is 10.1. The van der Waals surface area contributed by atoms with Crippen LogP contribution in [0.1, 0.15) is 5.56 Å². The molecule has 4 heteroatoms. The van der Waals surface area contributed by atoms with Crippen LogP contribution in [-0.4, -0.2) is 11.1 Å². The summed E-state index contributed by atoms with van der Waals surface area (Å²) in [6.07, 6.45) is 0.866. The Morgan fingerprint density at radius 1 is 1.15 bits per heavy atom. The third-order valence-electron chi connectivity index (χ3n) is 3.30. The predicted octanol–water partition coefficient (Wildman–Crippen LogP) is 3.31. The number of fused-ring (bicyclic) bond motifs is 1. The van der Waals surface area contributed by atoms with Gasteiger partial charge in [-0.05, 0) is 30.2 Å². The molecule has 1 heterocycles. The van der Waals surface area contributed by atoms with Gasteiger partial charge in [0.25, 0.3) is 5.56 Å². The van der Waals surface area contributed by atoms with Gasteiger partial charge in [-0.15, -0.1) is 0 Å². The SMILES string of the molecule is COc1ccc2c(=O)n(CCc3ccccc3)sc2c1. The number of aryl methyl sites for hydroxylation is 2. The average molecular weight is 285 g/mol. The van der Waals surface area contributed by atoms with Crippen LogP contribution in [0.25, 0.3) is 10.1 Å². The predicted molar refractivity (Wildman–Crippen MR) is 82.8 cm³/mol. The highest BCUT2D eigenvalue weighted by atomic mass is 32.1. The standard InChI is InChI=1S/C16H15NO2S/c1-19-13-7-8-14-15(11-13)20-17(16(14)18)10-9-12-5-3-2-4-6-12/h2-8,11H,9-10H2,1H3. The molecule has 0 atom stereocenters. The number of ether oxygens (including phenoxy) is 1. The van der Waals surface area contributed by atoms with Crippen LogP contribution < -0.4 is 10.3 Å². The minimum Gasteiger partial charge on any atom is -0.497 e. The highest BCUT2D eigenvalue weighted by molar-refractivity contribution is 7.13. The van der Waals surface area contributed by atoms with E-state index in [9.17, 15) is 4.79 Å². The Kier molecular flexibility index (Phi) is 3.56. The summed E-state index contributed by atoms with van der Waals surface area (Å²) < 4.78 is 7.99. The highest BCUT2D eigenvalue weighted by Gasteiger charge is 2.08. The van der Waals surface area contributed by atoms with Gasteiger partial charge in [0.05, 0.1) is 17.2 Å². The van der Waals surface area contributed by atoms with Crippen LogP contribution in [0.2, 0.25) is 0 Å². The first-order chi connectivity index (χ1) is 9.78. The Labute approximate surface area is 121 Å². The Morgan fingerprint density at radius 3 is 2.70 bits per heavy atom. The molecule has 3 aromatic rings. The molecule has 3 rings (SSSR count). The van der Waals surface area contributed by atoms with Gasteiger partial charge in [-0.3, -0.25) is 8.75 Å². The molecule has 1 aromatic heterocycles. The summed E-state index contributed by atoms with van der Waals surface area (Å²) >= 11 is 1.50. The number of benzene rings is 2. The molecular weight excluding hydrogens is 270 g/mol. The number of hydrogen-bond acceptors (Lipinski definition) is 3. The van der Waals surface area contributed by atoms with Crippen molar-refractivity contribution in [3.63, 3.8) is 0 Å². The van der Waals surface area contributed by atoms with E-state index in [0.717, 1.165) is 22.3 Å². The maximum atomic E-state index is 12.3. The number of hydrogen-bond donors (Lipinski definition) is 0. The van der Waals surface area contributed by atoms with Gasteiger partial charge in [0.2, 0.25) is 0 Å². The first-order valence-electron chi connectivity index (χ1n) is 6.50. The monoisotopic (exact) mass is 285 g/mol. The molecule has 0 N–H and O–H groups in total. The molecule has 0 aliphatic rings. The van der Waals surface area contributed by atoms with Crippen molar-refractivity contribution in [2.24, 2.45) is 0 Å². The fourth-order valence-electron chi connectivity index (χ4n) is 2.20. The Balaban J connectivity index is 1.88. The maximum absolute atomic E-state index is 12.3. The third kappa shape index (κ3) is 2.47.